The van der Waals surface area contributed by atoms with Gasteiger partial charge in [0.1, 0.15) is 5.58 Å². The van der Waals surface area contributed by atoms with Crippen LogP contribution in [0, 0.1) is 20.8 Å². The highest BCUT2D eigenvalue weighted by molar-refractivity contribution is 6.10. The van der Waals surface area contributed by atoms with Crippen molar-refractivity contribution in [2.24, 2.45) is 0 Å². The number of carbonyl (C=O) groups excluding carboxylic acids is 1. The minimum absolute atomic E-state index is 0.222. The van der Waals surface area contributed by atoms with Gasteiger partial charge in [-0.15, -0.1) is 0 Å². The fourth-order valence-electron chi connectivity index (χ4n) is 3.21. The number of anilines is 1. The zero-order valence-corrected chi connectivity index (χ0v) is 14.5. The van der Waals surface area contributed by atoms with Crippen LogP contribution in [0.25, 0.3) is 21.7 Å². The molecule has 0 spiro atoms. The van der Waals surface area contributed by atoms with E-state index in [-0.39, 0.29) is 5.91 Å². The van der Waals surface area contributed by atoms with Crippen molar-refractivity contribution in [1.82, 2.24) is 0 Å². The molecule has 1 aromatic heterocycles. The number of fused-ring (bicyclic) bond motifs is 2. The number of rotatable bonds is 2. The summed E-state index contributed by atoms with van der Waals surface area (Å²) in [4.78, 5) is 12.8. The number of benzene rings is 3. The van der Waals surface area contributed by atoms with Crippen LogP contribution < -0.4 is 5.32 Å². The van der Waals surface area contributed by atoms with E-state index in [4.69, 9.17) is 4.42 Å². The lowest BCUT2D eigenvalue weighted by Gasteiger charge is -2.07. The minimum atomic E-state index is -0.222. The van der Waals surface area contributed by atoms with E-state index in [0.29, 0.717) is 5.76 Å². The lowest BCUT2D eigenvalue weighted by Crippen LogP contribution is -2.12. The van der Waals surface area contributed by atoms with Gasteiger partial charge in [-0.25, -0.2) is 0 Å². The molecule has 0 saturated heterocycles. The van der Waals surface area contributed by atoms with Crippen LogP contribution in [-0.2, 0) is 0 Å². The summed E-state index contributed by atoms with van der Waals surface area (Å²) >= 11 is 0. The van der Waals surface area contributed by atoms with Gasteiger partial charge in [0.05, 0.1) is 0 Å². The van der Waals surface area contributed by atoms with E-state index in [1.54, 1.807) is 0 Å². The van der Waals surface area contributed by atoms with E-state index in [2.05, 4.69) is 18.3 Å². The normalized spacial score (nSPS) is 11.2. The van der Waals surface area contributed by atoms with Crippen molar-refractivity contribution in [3.05, 3.63) is 77.0 Å². The van der Waals surface area contributed by atoms with Crippen LogP contribution in [0.5, 0.6) is 0 Å². The van der Waals surface area contributed by atoms with Gasteiger partial charge in [-0.1, -0.05) is 36.4 Å². The van der Waals surface area contributed by atoms with Gasteiger partial charge in [-0.05, 0) is 55.5 Å². The van der Waals surface area contributed by atoms with Gasteiger partial charge < -0.3 is 9.73 Å². The third kappa shape index (κ3) is 2.58. The van der Waals surface area contributed by atoms with E-state index < -0.39 is 0 Å². The van der Waals surface area contributed by atoms with Crippen LogP contribution in [0.1, 0.15) is 27.2 Å². The van der Waals surface area contributed by atoms with Crippen LogP contribution in [0.4, 0.5) is 5.69 Å². The summed E-state index contributed by atoms with van der Waals surface area (Å²) in [5.41, 5.74) is 4.76. The Labute approximate surface area is 146 Å². The first-order chi connectivity index (χ1) is 12.0. The number of amides is 1. The Morgan fingerprint density at radius 3 is 2.44 bits per heavy atom. The molecule has 0 bridgehead atoms. The number of aryl methyl sites for hydroxylation is 3. The summed E-state index contributed by atoms with van der Waals surface area (Å²) < 4.78 is 5.87. The lowest BCUT2D eigenvalue weighted by atomic mass is 10.0. The molecule has 124 valence electrons. The van der Waals surface area contributed by atoms with Crippen molar-refractivity contribution in [2.75, 3.05) is 5.32 Å². The van der Waals surface area contributed by atoms with Crippen LogP contribution in [0.2, 0.25) is 0 Å². The zero-order valence-electron chi connectivity index (χ0n) is 14.5. The molecule has 25 heavy (non-hydrogen) atoms. The first-order valence-electron chi connectivity index (χ1n) is 8.34. The predicted molar refractivity (Wildman–Crippen MR) is 102 cm³/mol. The molecule has 1 N–H and O–H groups in total. The van der Waals surface area contributed by atoms with Crippen molar-refractivity contribution in [3.63, 3.8) is 0 Å². The van der Waals surface area contributed by atoms with Gasteiger partial charge in [0.2, 0.25) is 0 Å². The summed E-state index contributed by atoms with van der Waals surface area (Å²) in [6, 6.07) is 17.9. The van der Waals surface area contributed by atoms with Crippen molar-refractivity contribution in [1.29, 1.82) is 0 Å². The Hall–Kier alpha value is -3.07. The molecule has 4 aromatic rings. The Morgan fingerprint density at radius 2 is 1.60 bits per heavy atom. The van der Waals surface area contributed by atoms with Gasteiger partial charge in [-0.2, -0.15) is 0 Å². The third-order valence-electron chi connectivity index (χ3n) is 4.80. The Bertz CT molecular complexity index is 1120. The average molecular weight is 329 g/mol. The lowest BCUT2D eigenvalue weighted by molar-refractivity contribution is 0.0998. The second-order valence-electron chi connectivity index (χ2n) is 6.47. The molecule has 1 amide bonds. The highest BCUT2D eigenvalue weighted by Gasteiger charge is 2.19. The van der Waals surface area contributed by atoms with Crippen molar-refractivity contribution >= 4 is 33.3 Å². The second kappa shape index (κ2) is 5.78. The number of furan rings is 1. The first-order valence-corrected chi connectivity index (χ1v) is 8.34. The maximum atomic E-state index is 12.8. The van der Waals surface area contributed by atoms with Crippen LogP contribution in [-0.4, -0.2) is 5.91 Å². The standard InChI is InChI=1S/C22H19NO2/c1-13-11-18-15(3)21(25-20(18)12-14(13)2)22(24)23-19-10-6-8-16-7-4-5-9-17(16)19/h4-12H,1-3H3,(H,23,24). The molecule has 0 fully saturated rings. The van der Waals surface area contributed by atoms with Gasteiger partial charge in [0.25, 0.3) is 5.91 Å². The van der Waals surface area contributed by atoms with Crippen molar-refractivity contribution < 1.29 is 9.21 Å². The topological polar surface area (TPSA) is 42.2 Å². The van der Waals surface area contributed by atoms with E-state index in [1.807, 2.05) is 62.4 Å². The zero-order chi connectivity index (χ0) is 17.6. The Kier molecular flexibility index (Phi) is 3.57. The number of hydrogen-bond donors (Lipinski definition) is 1. The van der Waals surface area contributed by atoms with E-state index in [9.17, 15) is 4.79 Å². The third-order valence-corrected chi connectivity index (χ3v) is 4.80. The molecule has 3 heteroatoms. The molecule has 0 atom stereocenters. The molecule has 3 aromatic carbocycles. The Balaban J connectivity index is 1.76. The molecule has 0 saturated carbocycles. The Morgan fingerprint density at radius 1 is 0.880 bits per heavy atom. The van der Waals surface area contributed by atoms with Gasteiger partial charge in [-0.3, -0.25) is 4.79 Å². The molecule has 0 aliphatic rings. The molecule has 0 aliphatic heterocycles. The highest BCUT2D eigenvalue weighted by atomic mass is 16.3. The van der Waals surface area contributed by atoms with Gasteiger partial charge >= 0.3 is 0 Å². The largest absolute Gasteiger partial charge is 0.451 e. The average Bonchev–Trinajstić information content (AvgIpc) is 2.92. The molecular formula is C22H19NO2. The summed E-state index contributed by atoms with van der Waals surface area (Å²) in [6.45, 7) is 6.04. The minimum Gasteiger partial charge on any atom is -0.451 e. The number of nitrogens with one attached hydrogen (secondary N) is 1. The first kappa shape index (κ1) is 15.5. The molecule has 0 unspecified atom stereocenters. The fourth-order valence-corrected chi connectivity index (χ4v) is 3.21. The van der Waals surface area contributed by atoms with E-state index >= 15 is 0 Å². The molecule has 4 rings (SSSR count). The van der Waals surface area contributed by atoms with Crippen LogP contribution in [0.3, 0.4) is 0 Å². The summed E-state index contributed by atoms with van der Waals surface area (Å²) in [7, 11) is 0. The van der Waals surface area contributed by atoms with Crippen LogP contribution in [0.15, 0.2) is 59.0 Å². The molecule has 0 radical (unpaired) electrons. The maximum Gasteiger partial charge on any atom is 0.291 e. The molecular weight excluding hydrogens is 310 g/mol. The van der Waals surface area contributed by atoms with E-state index in [0.717, 1.165) is 38.6 Å². The summed E-state index contributed by atoms with van der Waals surface area (Å²) in [5.74, 6) is 0.147. The quantitative estimate of drug-likeness (QED) is 0.508. The van der Waals surface area contributed by atoms with Gasteiger partial charge in [0.15, 0.2) is 5.76 Å². The maximum absolute atomic E-state index is 12.8. The van der Waals surface area contributed by atoms with E-state index in [1.165, 1.54) is 5.56 Å². The van der Waals surface area contributed by atoms with Crippen molar-refractivity contribution in [2.45, 2.75) is 20.8 Å². The second-order valence-corrected chi connectivity index (χ2v) is 6.47. The monoisotopic (exact) mass is 329 g/mol. The highest BCUT2D eigenvalue weighted by Crippen LogP contribution is 2.29. The van der Waals surface area contributed by atoms with Crippen molar-refractivity contribution in [3.8, 4) is 0 Å². The fraction of sp³-hybridized carbons (Fsp3) is 0.136. The summed E-state index contributed by atoms with van der Waals surface area (Å²) in [5, 5.41) is 6.09. The predicted octanol–water partition coefficient (Wildman–Crippen LogP) is 5.76. The number of carbonyl (C=O) groups is 1. The molecule has 3 nitrogen and oxygen atoms in total. The van der Waals surface area contributed by atoms with Gasteiger partial charge in [0, 0.05) is 22.0 Å². The summed E-state index contributed by atoms with van der Waals surface area (Å²) in [6.07, 6.45) is 0. The SMILES string of the molecule is Cc1cc2oc(C(=O)Nc3cccc4ccccc34)c(C)c2cc1C. The van der Waals surface area contributed by atoms with Crippen LogP contribution >= 0.6 is 0 Å². The molecule has 0 aliphatic carbocycles. The molecule has 1 heterocycles. The smallest absolute Gasteiger partial charge is 0.291 e. The number of hydrogen-bond acceptors (Lipinski definition) is 2.